The Hall–Kier alpha value is -1.26. The van der Waals surface area contributed by atoms with Crippen LogP contribution in [-0.4, -0.2) is 38.1 Å². The molecule has 24 heavy (non-hydrogen) atoms. The van der Waals surface area contributed by atoms with E-state index in [0.29, 0.717) is 5.75 Å². The highest BCUT2D eigenvalue weighted by Gasteiger charge is 2.31. The SMILES string of the molecule is CCS(=O)(=O)NC(CCSC)C(=O)Nc1cccc(C(F)(F)F)c1. The summed E-state index contributed by atoms with van der Waals surface area (Å²) >= 11 is 1.43. The van der Waals surface area contributed by atoms with Crippen molar-refractivity contribution >= 4 is 33.4 Å². The summed E-state index contributed by atoms with van der Waals surface area (Å²) < 4.78 is 63.7. The minimum absolute atomic E-state index is 0.0420. The summed E-state index contributed by atoms with van der Waals surface area (Å²) in [6.45, 7) is 1.43. The van der Waals surface area contributed by atoms with Crippen LogP contribution < -0.4 is 10.0 Å². The summed E-state index contributed by atoms with van der Waals surface area (Å²) in [7, 11) is -3.62. The van der Waals surface area contributed by atoms with Crippen molar-refractivity contribution in [2.75, 3.05) is 23.1 Å². The number of hydrogen-bond donors (Lipinski definition) is 2. The Morgan fingerprint density at radius 3 is 2.54 bits per heavy atom. The van der Waals surface area contributed by atoms with Crippen LogP contribution in [0.2, 0.25) is 0 Å². The number of amides is 1. The van der Waals surface area contributed by atoms with Crippen LogP contribution in [0.4, 0.5) is 18.9 Å². The van der Waals surface area contributed by atoms with Gasteiger partial charge in [0.1, 0.15) is 6.04 Å². The molecule has 1 amide bonds. The van der Waals surface area contributed by atoms with Gasteiger partial charge >= 0.3 is 6.18 Å². The molecular weight excluding hydrogens is 365 g/mol. The van der Waals surface area contributed by atoms with E-state index in [1.165, 1.54) is 30.8 Å². The Morgan fingerprint density at radius 1 is 1.33 bits per heavy atom. The highest BCUT2D eigenvalue weighted by Crippen LogP contribution is 2.30. The normalized spacial score (nSPS) is 13.5. The van der Waals surface area contributed by atoms with E-state index in [9.17, 15) is 26.4 Å². The van der Waals surface area contributed by atoms with Gasteiger partial charge in [0.2, 0.25) is 15.9 Å². The minimum atomic E-state index is -4.53. The highest BCUT2D eigenvalue weighted by atomic mass is 32.2. The van der Waals surface area contributed by atoms with E-state index in [2.05, 4.69) is 10.0 Å². The van der Waals surface area contributed by atoms with Gasteiger partial charge in [0, 0.05) is 5.69 Å². The van der Waals surface area contributed by atoms with Crippen LogP contribution >= 0.6 is 11.8 Å². The Labute approximate surface area is 143 Å². The molecule has 0 saturated carbocycles. The van der Waals surface area contributed by atoms with E-state index in [1.807, 2.05) is 0 Å². The van der Waals surface area contributed by atoms with Crippen LogP contribution in [0, 0.1) is 0 Å². The van der Waals surface area contributed by atoms with E-state index in [-0.39, 0.29) is 17.9 Å². The predicted octanol–water partition coefficient (Wildman–Crippen LogP) is 2.70. The fraction of sp³-hybridized carbons (Fsp3) is 0.500. The zero-order chi connectivity index (χ0) is 18.4. The molecule has 0 aromatic heterocycles. The summed E-state index contributed by atoms with van der Waals surface area (Å²) in [4.78, 5) is 12.2. The molecule has 5 nitrogen and oxygen atoms in total. The number of nitrogens with one attached hydrogen (secondary N) is 2. The zero-order valence-electron chi connectivity index (χ0n) is 13.2. The third-order valence-corrected chi connectivity index (χ3v) is 5.13. The second-order valence-corrected chi connectivity index (χ2v) is 7.95. The third-order valence-electron chi connectivity index (χ3n) is 3.09. The van der Waals surface area contributed by atoms with Gasteiger partial charge in [-0.3, -0.25) is 4.79 Å². The molecule has 0 aliphatic rings. The fourth-order valence-electron chi connectivity index (χ4n) is 1.78. The predicted molar refractivity (Wildman–Crippen MR) is 89.5 cm³/mol. The number of halogens is 3. The molecule has 1 rings (SSSR count). The van der Waals surface area contributed by atoms with Gasteiger partial charge in [0.25, 0.3) is 0 Å². The van der Waals surface area contributed by atoms with Gasteiger partial charge in [-0.15, -0.1) is 0 Å². The third kappa shape index (κ3) is 6.70. The van der Waals surface area contributed by atoms with Gasteiger partial charge in [0.05, 0.1) is 11.3 Å². The second kappa shape index (κ2) is 8.72. The molecular formula is C14H19F3N2O3S2. The maximum atomic E-state index is 12.7. The van der Waals surface area contributed by atoms with Gasteiger partial charge in [-0.1, -0.05) is 6.07 Å². The molecule has 1 aromatic carbocycles. The summed E-state index contributed by atoms with van der Waals surface area (Å²) in [5, 5.41) is 2.33. The molecule has 0 bridgehead atoms. The largest absolute Gasteiger partial charge is 0.416 e. The molecule has 0 radical (unpaired) electrons. The summed E-state index contributed by atoms with van der Waals surface area (Å²) in [6, 6.07) is 3.13. The number of sulfonamides is 1. The molecule has 1 atom stereocenters. The Bertz CT molecular complexity index is 663. The second-order valence-electron chi connectivity index (χ2n) is 4.92. The quantitative estimate of drug-likeness (QED) is 0.723. The van der Waals surface area contributed by atoms with Crippen LogP contribution in [0.3, 0.4) is 0 Å². The smallest absolute Gasteiger partial charge is 0.325 e. The summed E-state index contributed by atoms with van der Waals surface area (Å²) in [6.07, 6.45) is -2.50. The van der Waals surface area contributed by atoms with E-state index >= 15 is 0 Å². The molecule has 0 heterocycles. The average molecular weight is 384 g/mol. The summed E-state index contributed by atoms with van der Waals surface area (Å²) in [5.41, 5.74) is -0.935. The first kappa shape index (κ1) is 20.8. The lowest BCUT2D eigenvalue weighted by Crippen LogP contribution is -2.44. The number of thioether (sulfide) groups is 1. The number of hydrogen-bond acceptors (Lipinski definition) is 4. The first-order valence-corrected chi connectivity index (χ1v) is 10.1. The van der Waals surface area contributed by atoms with Crippen molar-refractivity contribution in [3.8, 4) is 0 Å². The lowest BCUT2D eigenvalue weighted by Gasteiger charge is -2.18. The molecule has 10 heteroatoms. The number of carbonyl (C=O) groups is 1. The number of benzene rings is 1. The molecule has 1 unspecified atom stereocenters. The number of carbonyl (C=O) groups excluding carboxylic acids is 1. The lowest BCUT2D eigenvalue weighted by molar-refractivity contribution is -0.137. The fourth-order valence-corrected chi connectivity index (χ4v) is 3.08. The van der Waals surface area contributed by atoms with Gasteiger partial charge < -0.3 is 5.32 Å². The average Bonchev–Trinajstić information content (AvgIpc) is 2.50. The van der Waals surface area contributed by atoms with E-state index in [4.69, 9.17) is 0 Å². The Morgan fingerprint density at radius 2 is 2.00 bits per heavy atom. The van der Waals surface area contributed by atoms with E-state index in [1.54, 1.807) is 6.26 Å². The van der Waals surface area contributed by atoms with Gasteiger partial charge in [-0.2, -0.15) is 24.9 Å². The van der Waals surface area contributed by atoms with E-state index in [0.717, 1.165) is 12.1 Å². The standard InChI is InChI=1S/C14H19F3N2O3S2/c1-3-24(21,22)19-12(7-8-23-2)13(20)18-11-6-4-5-10(9-11)14(15,16)17/h4-6,9,12,19H,3,7-8H2,1-2H3,(H,18,20). The highest BCUT2D eigenvalue weighted by molar-refractivity contribution is 7.98. The van der Waals surface area contributed by atoms with Crippen molar-refractivity contribution in [3.63, 3.8) is 0 Å². The zero-order valence-corrected chi connectivity index (χ0v) is 14.8. The van der Waals surface area contributed by atoms with Crippen LogP contribution in [-0.2, 0) is 21.0 Å². The molecule has 0 aliphatic carbocycles. The molecule has 2 N–H and O–H groups in total. The topological polar surface area (TPSA) is 75.3 Å². The first-order valence-electron chi connectivity index (χ1n) is 7.06. The maximum absolute atomic E-state index is 12.7. The lowest BCUT2D eigenvalue weighted by atomic mass is 10.1. The van der Waals surface area contributed by atoms with E-state index < -0.39 is 33.7 Å². The molecule has 0 spiro atoms. The van der Waals surface area contributed by atoms with Crippen molar-refractivity contribution < 1.29 is 26.4 Å². The van der Waals surface area contributed by atoms with Crippen molar-refractivity contribution in [3.05, 3.63) is 29.8 Å². The molecule has 136 valence electrons. The number of alkyl halides is 3. The molecule has 0 fully saturated rings. The van der Waals surface area contributed by atoms with Crippen LogP contribution in [0.25, 0.3) is 0 Å². The maximum Gasteiger partial charge on any atom is 0.416 e. The van der Waals surface area contributed by atoms with Crippen molar-refractivity contribution in [1.29, 1.82) is 0 Å². The van der Waals surface area contributed by atoms with Crippen LogP contribution in [0.1, 0.15) is 18.9 Å². The van der Waals surface area contributed by atoms with Gasteiger partial charge in [0.15, 0.2) is 0 Å². The molecule has 1 aromatic rings. The monoisotopic (exact) mass is 384 g/mol. The Balaban J connectivity index is 2.91. The minimum Gasteiger partial charge on any atom is -0.325 e. The Kier molecular flexibility index (Phi) is 7.56. The number of rotatable bonds is 8. The van der Waals surface area contributed by atoms with Crippen molar-refractivity contribution in [2.24, 2.45) is 0 Å². The van der Waals surface area contributed by atoms with Crippen molar-refractivity contribution in [2.45, 2.75) is 25.6 Å². The van der Waals surface area contributed by atoms with Crippen LogP contribution in [0.5, 0.6) is 0 Å². The first-order chi connectivity index (χ1) is 11.1. The van der Waals surface area contributed by atoms with Gasteiger partial charge in [-0.05, 0) is 43.6 Å². The van der Waals surface area contributed by atoms with Crippen LogP contribution in [0.15, 0.2) is 24.3 Å². The molecule has 0 aliphatic heterocycles. The van der Waals surface area contributed by atoms with Crippen molar-refractivity contribution in [1.82, 2.24) is 4.72 Å². The molecule has 0 saturated heterocycles. The number of anilines is 1. The van der Waals surface area contributed by atoms with Gasteiger partial charge in [-0.25, -0.2) is 13.1 Å². The summed E-state index contributed by atoms with van der Waals surface area (Å²) in [5.74, 6) is -0.368.